The SMILES string of the molecule is CCCCCCOc1ccc(F)cc1C=NNc1ccccc1. The molecule has 0 heterocycles. The average molecular weight is 314 g/mol. The van der Waals surface area contributed by atoms with Gasteiger partial charge in [0.05, 0.1) is 18.5 Å². The number of hydrazone groups is 1. The minimum absolute atomic E-state index is 0.301. The Morgan fingerprint density at radius 1 is 1.09 bits per heavy atom. The Morgan fingerprint density at radius 2 is 1.91 bits per heavy atom. The maximum absolute atomic E-state index is 13.4. The molecule has 0 bridgehead atoms. The van der Waals surface area contributed by atoms with Gasteiger partial charge in [0.25, 0.3) is 0 Å². The van der Waals surface area contributed by atoms with Gasteiger partial charge in [-0.25, -0.2) is 4.39 Å². The first-order valence-electron chi connectivity index (χ1n) is 8.06. The highest BCUT2D eigenvalue weighted by Crippen LogP contribution is 2.19. The molecule has 1 N–H and O–H groups in total. The Bertz CT molecular complexity index is 614. The number of halogens is 1. The molecule has 0 spiro atoms. The second-order valence-corrected chi connectivity index (χ2v) is 5.33. The molecule has 0 radical (unpaired) electrons. The monoisotopic (exact) mass is 314 g/mol. The summed E-state index contributed by atoms with van der Waals surface area (Å²) in [5, 5.41) is 4.15. The van der Waals surface area contributed by atoms with Crippen LogP contribution >= 0.6 is 0 Å². The van der Waals surface area contributed by atoms with Gasteiger partial charge in [-0.3, -0.25) is 5.43 Å². The molecule has 0 aliphatic heterocycles. The van der Waals surface area contributed by atoms with Crippen LogP contribution in [0.15, 0.2) is 53.6 Å². The summed E-state index contributed by atoms with van der Waals surface area (Å²) in [6.07, 6.45) is 6.14. The van der Waals surface area contributed by atoms with E-state index in [1.807, 2.05) is 30.3 Å². The van der Waals surface area contributed by atoms with Gasteiger partial charge in [-0.2, -0.15) is 5.10 Å². The van der Waals surface area contributed by atoms with Crippen LogP contribution in [0.2, 0.25) is 0 Å². The number of hydrogen-bond donors (Lipinski definition) is 1. The first-order valence-corrected chi connectivity index (χ1v) is 8.06. The molecule has 23 heavy (non-hydrogen) atoms. The molecule has 0 aliphatic rings. The minimum atomic E-state index is -0.301. The number of unbranched alkanes of at least 4 members (excludes halogenated alkanes) is 3. The van der Waals surface area contributed by atoms with Crippen LogP contribution in [0.3, 0.4) is 0 Å². The van der Waals surface area contributed by atoms with Crippen LogP contribution < -0.4 is 10.2 Å². The Kier molecular flexibility index (Phi) is 7.11. The molecular weight excluding hydrogens is 291 g/mol. The second-order valence-electron chi connectivity index (χ2n) is 5.33. The molecule has 2 aromatic carbocycles. The highest BCUT2D eigenvalue weighted by atomic mass is 19.1. The lowest BCUT2D eigenvalue weighted by atomic mass is 10.2. The fraction of sp³-hybridized carbons (Fsp3) is 0.316. The largest absolute Gasteiger partial charge is 0.493 e. The number of hydrogen-bond acceptors (Lipinski definition) is 3. The minimum Gasteiger partial charge on any atom is -0.493 e. The molecular formula is C19H23FN2O. The maximum atomic E-state index is 13.4. The fourth-order valence-electron chi connectivity index (χ4n) is 2.15. The first kappa shape index (κ1) is 17.0. The summed E-state index contributed by atoms with van der Waals surface area (Å²) in [4.78, 5) is 0. The topological polar surface area (TPSA) is 33.6 Å². The van der Waals surface area contributed by atoms with Gasteiger partial charge in [-0.1, -0.05) is 44.4 Å². The number of rotatable bonds is 9. The van der Waals surface area contributed by atoms with Crippen LogP contribution in [0, 0.1) is 5.82 Å². The molecule has 0 atom stereocenters. The van der Waals surface area contributed by atoms with Crippen molar-refractivity contribution in [2.45, 2.75) is 32.6 Å². The number of nitrogens with zero attached hydrogens (tertiary/aromatic N) is 1. The number of ether oxygens (including phenoxy) is 1. The van der Waals surface area contributed by atoms with Crippen LogP contribution in [0.5, 0.6) is 5.75 Å². The van der Waals surface area contributed by atoms with E-state index in [4.69, 9.17) is 4.74 Å². The van der Waals surface area contributed by atoms with Crippen molar-refractivity contribution in [3.05, 3.63) is 59.9 Å². The third kappa shape index (κ3) is 6.10. The van der Waals surface area contributed by atoms with E-state index in [2.05, 4.69) is 17.5 Å². The van der Waals surface area contributed by atoms with E-state index < -0.39 is 0 Å². The number of para-hydroxylation sites is 1. The standard InChI is InChI=1S/C19H23FN2O/c1-2-3-4-8-13-23-19-12-11-17(20)14-16(19)15-21-22-18-9-6-5-7-10-18/h5-7,9-12,14-15,22H,2-4,8,13H2,1H3. The van der Waals surface area contributed by atoms with E-state index in [0.29, 0.717) is 17.9 Å². The zero-order valence-corrected chi connectivity index (χ0v) is 13.5. The zero-order chi connectivity index (χ0) is 16.3. The van der Waals surface area contributed by atoms with Gasteiger partial charge < -0.3 is 4.74 Å². The highest BCUT2D eigenvalue weighted by molar-refractivity contribution is 5.84. The van der Waals surface area contributed by atoms with Gasteiger partial charge in [0, 0.05) is 5.56 Å². The molecule has 3 nitrogen and oxygen atoms in total. The predicted octanol–water partition coefficient (Wildman–Crippen LogP) is 5.23. The van der Waals surface area contributed by atoms with E-state index in [9.17, 15) is 4.39 Å². The lowest BCUT2D eigenvalue weighted by Crippen LogP contribution is -2.01. The summed E-state index contributed by atoms with van der Waals surface area (Å²) >= 11 is 0. The fourth-order valence-corrected chi connectivity index (χ4v) is 2.15. The van der Waals surface area contributed by atoms with Crippen molar-refractivity contribution in [3.63, 3.8) is 0 Å². The van der Waals surface area contributed by atoms with E-state index in [0.717, 1.165) is 18.5 Å². The summed E-state index contributed by atoms with van der Waals surface area (Å²) < 4.78 is 19.2. The molecule has 4 heteroatoms. The van der Waals surface area contributed by atoms with Gasteiger partial charge in [0.15, 0.2) is 0 Å². The maximum Gasteiger partial charge on any atom is 0.128 e. The van der Waals surface area contributed by atoms with E-state index in [1.54, 1.807) is 12.3 Å². The molecule has 2 rings (SSSR count). The quantitative estimate of drug-likeness (QED) is 0.390. The Hall–Kier alpha value is -2.36. The molecule has 0 saturated heterocycles. The summed E-state index contributed by atoms with van der Waals surface area (Å²) in [5.74, 6) is 0.353. The van der Waals surface area contributed by atoms with Crippen molar-refractivity contribution in [1.82, 2.24) is 0 Å². The van der Waals surface area contributed by atoms with E-state index in [-0.39, 0.29) is 5.82 Å². The van der Waals surface area contributed by atoms with Gasteiger partial charge in [0.2, 0.25) is 0 Å². The molecule has 0 aromatic heterocycles. The normalized spacial score (nSPS) is 10.9. The van der Waals surface area contributed by atoms with Crippen molar-refractivity contribution >= 4 is 11.9 Å². The van der Waals surface area contributed by atoms with E-state index >= 15 is 0 Å². The molecule has 0 unspecified atom stereocenters. The van der Waals surface area contributed by atoms with Gasteiger partial charge >= 0.3 is 0 Å². The Morgan fingerprint density at radius 3 is 2.70 bits per heavy atom. The van der Waals surface area contributed by atoms with Crippen molar-refractivity contribution in [3.8, 4) is 5.75 Å². The van der Waals surface area contributed by atoms with Crippen LogP contribution in [-0.4, -0.2) is 12.8 Å². The van der Waals surface area contributed by atoms with Crippen LogP contribution in [-0.2, 0) is 0 Å². The van der Waals surface area contributed by atoms with Gasteiger partial charge in [-0.15, -0.1) is 0 Å². The third-order valence-electron chi connectivity index (χ3n) is 3.40. The summed E-state index contributed by atoms with van der Waals surface area (Å²) in [7, 11) is 0. The highest BCUT2D eigenvalue weighted by Gasteiger charge is 2.03. The Balaban J connectivity index is 1.95. The molecule has 0 fully saturated rings. The van der Waals surface area contributed by atoms with Crippen LogP contribution in [0.25, 0.3) is 0 Å². The van der Waals surface area contributed by atoms with E-state index in [1.165, 1.54) is 25.0 Å². The molecule has 122 valence electrons. The van der Waals surface area contributed by atoms with Gasteiger partial charge in [-0.05, 0) is 36.8 Å². The first-order chi connectivity index (χ1) is 11.3. The smallest absolute Gasteiger partial charge is 0.128 e. The zero-order valence-electron chi connectivity index (χ0n) is 13.5. The molecule has 0 amide bonds. The van der Waals surface area contributed by atoms with Crippen LogP contribution in [0.1, 0.15) is 38.2 Å². The molecule has 0 saturated carbocycles. The Labute approximate surface area is 137 Å². The van der Waals surface area contributed by atoms with Crippen LogP contribution in [0.4, 0.5) is 10.1 Å². The average Bonchev–Trinajstić information content (AvgIpc) is 2.57. The molecule has 0 aliphatic carbocycles. The molecule has 2 aromatic rings. The second kappa shape index (κ2) is 9.62. The van der Waals surface area contributed by atoms with Crippen molar-refractivity contribution in [2.24, 2.45) is 5.10 Å². The van der Waals surface area contributed by atoms with Gasteiger partial charge in [0.1, 0.15) is 11.6 Å². The van der Waals surface area contributed by atoms with Crippen molar-refractivity contribution in [1.29, 1.82) is 0 Å². The third-order valence-corrected chi connectivity index (χ3v) is 3.40. The number of nitrogens with one attached hydrogen (secondary N) is 1. The number of anilines is 1. The lowest BCUT2D eigenvalue weighted by Gasteiger charge is -2.09. The summed E-state index contributed by atoms with van der Waals surface area (Å²) in [5.41, 5.74) is 4.42. The predicted molar refractivity (Wildman–Crippen MR) is 93.7 cm³/mol. The number of benzene rings is 2. The van der Waals surface area contributed by atoms with Crippen molar-refractivity contribution < 1.29 is 9.13 Å². The summed E-state index contributed by atoms with van der Waals surface area (Å²) in [6.45, 7) is 2.81. The van der Waals surface area contributed by atoms with Crippen molar-refractivity contribution in [2.75, 3.05) is 12.0 Å². The summed E-state index contributed by atoms with van der Waals surface area (Å²) in [6, 6.07) is 14.1. The lowest BCUT2D eigenvalue weighted by molar-refractivity contribution is 0.304.